The molecule has 136 valence electrons. The van der Waals surface area contributed by atoms with Crippen molar-refractivity contribution >= 4 is 15.9 Å². The van der Waals surface area contributed by atoms with E-state index in [1.807, 2.05) is 24.3 Å². The van der Waals surface area contributed by atoms with Gasteiger partial charge in [0, 0.05) is 6.07 Å². The van der Waals surface area contributed by atoms with E-state index in [2.05, 4.69) is 15.9 Å². The number of hydrogen-bond donors (Lipinski definition) is 0. The molecule has 0 atom stereocenters. The fourth-order valence-corrected chi connectivity index (χ4v) is 2.77. The molecular weight excluding hydrogens is 432 g/mol. The van der Waals surface area contributed by atoms with Crippen molar-refractivity contribution in [2.24, 2.45) is 0 Å². The van der Waals surface area contributed by atoms with E-state index in [0.717, 1.165) is 0 Å². The van der Waals surface area contributed by atoms with E-state index in [4.69, 9.17) is 30.5 Å². The Labute approximate surface area is 175 Å². The molecule has 0 aliphatic heterocycles. The van der Waals surface area contributed by atoms with Gasteiger partial charge in [0.1, 0.15) is 47.3 Å². The highest BCUT2D eigenvalue weighted by atomic mass is 79.9. The molecule has 0 heterocycles. The average Bonchev–Trinajstić information content (AvgIpc) is 2.75. The first-order valence-electron chi connectivity index (χ1n) is 8.11. The minimum absolute atomic E-state index is 0.218. The lowest BCUT2D eigenvalue weighted by atomic mass is 10.1. The minimum Gasteiger partial charge on any atom is -0.457 e. The molecule has 0 saturated carbocycles. The zero-order valence-electron chi connectivity index (χ0n) is 14.7. The normalized spacial score (nSPS) is 9.41. The molecule has 0 unspecified atom stereocenters. The molecule has 0 N–H and O–H groups in total. The van der Waals surface area contributed by atoms with Crippen LogP contribution in [0.3, 0.4) is 0 Å². The predicted molar refractivity (Wildman–Crippen MR) is 106 cm³/mol. The summed E-state index contributed by atoms with van der Waals surface area (Å²) < 4.78 is 12.3. The second-order valence-electron chi connectivity index (χ2n) is 5.66. The summed E-state index contributed by atoms with van der Waals surface area (Å²) in [6.07, 6.45) is 0. The molecule has 0 spiro atoms. The second-order valence-corrected chi connectivity index (χ2v) is 6.51. The van der Waals surface area contributed by atoms with Gasteiger partial charge >= 0.3 is 0 Å². The van der Waals surface area contributed by atoms with Crippen LogP contribution >= 0.6 is 15.9 Å². The van der Waals surface area contributed by atoms with Gasteiger partial charge in [-0.25, -0.2) is 0 Å². The third kappa shape index (κ3) is 4.34. The van der Waals surface area contributed by atoms with Gasteiger partial charge in [0.05, 0.1) is 26.7 Å². The van der Waals surface area contributed by atoms with Crippen LogP contribution in [0, 0.1) is 45.3 Å². The molecule has 0 aromatic heterocycles. The van der Waals surface area contributed by atoms with E-state index in [1.165, 1.54) is 24.3 Å². The summed E-state index contributed by atoms with van der Waals surface area (Å²) in [6, 6.07) is 22.1. The molecule has 0 fully saturated rings. The molecule has 0 saturated heterocycles. The second kappa shape index (κ2) is 8.59. The van der Waals surface area contributed by atoms with Crippen molar-refractivity contribution in [2.75, 3.05) is 0 Å². The summed E-state index contributed by atoms with van der Waals surface area (Å²) >= 11 is 3.40. The molecule has 3 rings (SSSR count). The van der Waals surface area contributed by atoms with Crippen LogP contribution < -0.4 is 9.47 Å². The first-order chi connectivity index (χ1) is 14.1. The number of nitrogens with zero attached hydrogens (tertiary/aromatic N) is 4. The zero-order valence-corrected chi connectivity index (χ0v) is 16.3. The number of rotatable bonds is 4. The number of nitriles is 4. The van der Waals surface area contributed by atoms with Crippen LogP contribution in [0.4, 0.5) is 0 Å². The minimum atomic E-state index is 0.218. The first-order valence-corrected chi connectivity index (χ1v) is 8.91. The Morgan fingerprint density at radius 3 is 1.52 bits per heavy atom. The van der Waals surface area contributed by atoms with Gasteiger partial charge in [-0.05, 0) is 64.5 Å². The van der Waals surface area contributed by atoms with E-state index in [0.29, 0.717) is 27.5 Å². The molecule has 3 aromatic carbocycles. The molecule has 29 heavy (non-hydrogen) atoms. The zero-order chi connectivity index (χ0) is 20.8. The fourth-order valence-electron chi connectivity index (χ4n) is 2.44. The Morgan fingerprint density at radius 2 is 1.00 bits per heavy atom. The van der Waals surface area contributed by atoms with Crippen LogP contribution in [0.2, 0.25) is 0 Å². The third-order valence-electron chi connectivity index (χ3n) is 3.83. The van der Waals surface area contributed by atoms with E-state index < -0.39 is 0 Å². The number of benzene rings is 3. The van der Waals surface area contributed by atoms with Crippen molar-refractivity contribution in [1.82, 2.24) is 0 Å². The van der Waals surface area contributed by atoms with Crippen LogP contribution in [0.25, 0.3) is 0 Å². The van der Waals surface area contributed by atoms with E-state index in [9.17, 15) is 0 Å². The average molecular weight is 441 g/mol. The molecule has 0 aliphatic carbocycles. The smallest absolute Gasteiger partial charge is 0.145 e. The number of hydrogen-bond acceptors (Lipinski definition) is 6. The Morgan fingerprint density at radius 1 is 0.552 bits per heavy atom. The van der Waals surface area contributed by atoms with Gasteiger partial charge in [-0.3, -0.25) is 0 Å². The quantitative estimate of drug-likeness (QED) is 0.527. The molecule has 3 aromatic rings. The number of ether oxygens (including phenoxy) is 2. The highest BCUT2D eigenvalue weighted by Crippen LogP contribution is 2.35. The Hall–Kier alpha value is -4.30. The van der Waals surface area contributed by atoms with Crippen LogP contribution in [-0.4, -0.2) is 0 Å². The molecule has 0 amide bonds. The molecule has 0 radical (unpaired) electrons. The fraction of sp³-hybridized carbons (Fsp3) is 0. The van der Waals surface area contributed by atoms with E-state index >= 15 is 0 Å². The van der Waals surface area contributed by atoms with Crippen molar-refractivity contribution in [3.05, 3.63) is 81.3 Å². The molecular formula is C22H9BrN4O2. The molecule has 7 heteroatoms. The summed E-state index contributed by atoms with van der Waals surface area (Å²) in [6.45, 7) is 0. The lowest BCUT2D eigenvalue weighted by Crippen LogP contribution is -1.91. The van der Waals surface area contributed by atoms with Gasteiger partial charge in [0.2, 0.25) is 0 Å². The monoisotopic (exact) mass is 440 g/mol. The van der Waals surface area contributed by atoms with Crippen molar-refractivity contribution < 1.29 is 9.47 Å². The standard InChI is InChI=1S/C22H9BrN4O2/c23-21-6-5-20(28-18-3-1-14(10-24)16(7-18)12-26)9-22(21)29-19-4-2-15(11-25)17(8-19)13-27/h1-9H. The van der Waals surface area contributed by atoms with Gasteiger partial charge in [-0.15, -0.1) is 0 Å². The largest absolute Gasteiger partial charge is 0.457 e. The molecule has 6 nitrogen and oxygen atoms in total. The maximum atomic E-state index is 9.15. The van der Waals surface area contributed by atoms with Crippen molar-refractivity contribution in [2.45, 2.75) is 0 Å². The van der Waals surface area contributed by atoms with Gasteiger partial charge in [0.15, 0.2) is 0 Å². The maximum absolute atomic E-state index is 9.15. The van der Waals surface area contributed by atoms with Crippen LogP contribution in [-0.2, 0) is 0 Å². The highest BCUT2D eigenvalue weighted by Gasteiger charge is 2.10. The van der Waals surface area contributed by atoms with Crippen LogP contribution in [0.15, 0.2) is 59.1 Å². The third-order valence-corrected chi connectivity index (χ3v) is 4.49. The van der Waals surface area contributed by atoms with Crippen LogP contribution in [0.5, 0.6) is 23.0 Å². The van der Waals surface area contributed by atoms with Crippen molar-refractivity contribution in [1.29, 1.82) is 21.0 Å². The van der Waals surface area contributed by atoms with Gasteiger partial charge < -0.3 is 9.47 Å². The predicted octanol–water partition coefficient (Wildman–Crippen LogP) is 5.52. The van der Waals surface area contributed by atoms with Gasteiger partial charge in [-0.1, -0.05) is 0 Å². The Balaban J connectivity index is 1.88. The lowest BCUT2D eigenvalue weighted by molar-refractivity contribution is 0.458. The topological polar surface area (TPSA) is 114 Å². The Kier molecular flexibility index (Phi) is 5.77. The summed E-state index contributed by atoms with van der Waals surface area (Å²) in [5.74, 6) is 1.68. The molecule has 0 aliphatic rings. The lowest BCUT2D eigenvalue weighted by Gasteiger charge is -2.12. The highest BCUT2D eigenvalue weighted by molar-refractivity contribution is 9.10. The first kappa shape index (κ1) is 19.5. The van der Waals surface area contributed by atoms with E-state index in [1.54, 1.807) is 30.3 Å². The van der Waals surface area contributed by atoms with Crippen molar-refractivity contribution in [3.63, 3.8) is 0 Å². The van der Waals surface area contributed by atoms with Crippen LogP contribution in [0.1, 0.15) is 22.3 Å². The summed E-state index contributed by atoms with van der Waals surface area (Å²) in [4.78, 5) is 0. The molecule has 0 bridgehead atoms. The SMILES string of the molecule is N#Cc1ccc(Oc2ccc(Br)c(Oc3ccc(C#N)c(C#N)c3)c2)cc1C#N. The van der Waals surface area contributed by atoms with Gasteiger partial charge in [0.25, 0.3) is 0 Å². The summed E-state index contributed by atoms with van der Waals surface area (Å²) in [7, 11) is 0. The number of halogens is 1. The maximum Gasteiger partial charge on any atom is 0.145 e. The summed E-state index contributed by atoms with van der Waals surface area (Å²) in [5, 5.41) is 36.3. The van der Waals surface area contributed by atoms with E-state index in [-0.39, 0.29) is 22.3 Å². The Bertz CT molecular complexity index is 1270. The van der Waals surface area contributed by atoms with Gasteiger partial charge in [-0.2, -0.15) is 21.0 Å². The van der Waals surface area contributed by atoms with Crippen molar-refractivity contribution in [3.8, 4) is 47.3 Å². The summed E-state index contributed by atoms with van der Waals surface area (Å²) in [5.41, 5.74) is 0.981.